The quantitative estimate of drug-likeness (QED) is 0.0908. The van der Waals surface area contributed by atoms with E-state index in [1.54, 1.807) is 30.3 Å². The largest absolute Gasteiger partial charge is 0.461 e. The van der Waals surface area contributed by atoms with Gasteiger partial charge in [-0.3, -0.25) is 19.7 Å². The average molecular weight is 656 g/mol. The molecule has 0 radical (unpaired) electrons. The number of anilines is 1. The molecule has 4 N–H and O–H groups in total. The van der Waals surface area contributed by atoms with Crippen molar-refractivity contribution in [3.8, 4) is 6.19 Å². The predicted octanol–water partition coefficient (Wildman–Crippen LogP) is 3.40. The van der Waals surface area contributed by atoms with Crippen LogP contribution in [0.25, 0.3) is 11.0 Å². The summed E-state index contributed by atoms with van der Waals surface area (Å²) in [6, 6.07) is 20.3. The van der Waals surface area contributed by atoms with Crippen molar-refractivity contribution in [1.82, 2.24) is 20.3 Å². The molecule has 0 unspecified atom stereocenters. The second kappa shape index (κ2) is 14.6. The second-order valence-electron chi connectivity index (χ2n) is 10.9. The highest BCUT2D eigenvalue weighted by molar-refractivity contribution is 7.90. The Bertz CT molecular complexity index is 1950. The van der Waals surface area contributed by atoms with Crippen molar-refractivity contribution in [2.45, 2.75) is 43.7 Å². The zero-order valence-corrected chi connectivity index (χ0v) is 26.3. The van der Waals surface area contributed by atoms with E-state index in [4.69, 9.17) is 4.42 Å². The van der Waals surface area contributed by atoms with E-state index in [0.29, 0.717) is 37.1 Å². The fourth-order valence-corrected chi connectivity index (χ4v) is 6.08. The third kappa shape index (κ3) is 8.53. The van der Waals surface area contributed by atoms with E-state index in [2.05, 4.69) is 20.9 Å². The van der Waals surface area contributed by atoms with Gasteiger partial charge in [-0.1, -0.05) is 30.3 Å². The van der Waals surface area contributed by atoms with Crippen LogP contribution in [-0.4, -0.2) is 56.1 Å². The Morgan fingerprint density at radius 1 is 1.04 bits per heavy atom. The Morgan fingerprint density at radius 3 is 2.55 bits per heavy atom. The van der Waals surface area contributed by atoms with Gasteiger partial charge >= 0.3 is 0 Å². The number of aryl methyl sites for hydroxylation is 1. The van der Waals surface area contributed by atoms with Gasteiger partial charge in [0.1, 0.15) is 17.4 Å². The van der Waals surface area contributed by atoms with E-state index in [1.165, 1.54) is 41.3 Å². The lowest BCUT2D eigenvalue weighted by molar-refractivity contribution is -0.136. The van der Waals surface area contributed by atoms with Crippen LogP contribution in [0.4, 0.5) is 5.69 Å². The highest BCUT2D eigenvalue weighted by atomic mass is 32.2. The van der Waals surface area contributed by atoms with Crippen LogP contribution in [0.2, 0.25) is 0 Å². The van der Waals surface area contributed by atoms with Crippen LogP contribution in [-0.2, 0) is 26.2 Å². The molecule has 0 bridgehead atoms. The third-order valence-corrected chi connectivity index (χ3v) is 8.78. The first-order chi connectivity index (χ1) is 22.6. The number of guanidine groups is 1. The molecule has 0 aliphatic carbocycles. The molecule has 1 atom stereocenters. The Balaban J connectivity index is 1.17. The minimum absolute atomic E-state index is 0.0971. The number of aliphatic imine (C=N–C) groups is 1. The van der Waals surface area contributed by atoms with Gasteiger partial charge in [-0.25, -0.2) is 18.1 Å². The Kier molecular flexibility index (Phi) is 10.2. The van der Waals surface area contributed by atoms with Crippen LogP contribution in [0, 0.1) is 18.4 Å². The summed E-state index contributed by atoms with van der Waals surface area (Å²) >= 11 is 0. The molecule has 3 amide bonds. The van der Waals surface area contributed by atoms with Crippen LogP contribution in [0.1, 0.15) is 40.9 Å². The number of fused-ring (bicyclic) bond motifs is 1. The van der Waals surface area contributed by atoms with E-state index < -0.39 is 27.9 Å². The second-order valence-corrected chi connectivity index (χ2v) is 12.6. The lowest BCUT2D eigenvalue weighted by Gasteiger charge is -2.22. The maximum atomic E-state index is 13.4. The topological polar surface area (TPSA) is 186 Å². The van der Waals surface area contributed by atoms with Gasteiger partial charge in [0.05, 0.1) is 11.4 Å². The summed E-state index contributed by atoms with van der Waals surface area (Å²) in [5, 5.41) is 18.5. The molecule has 13 nitrogen and oxygen atoms in total. The van der Waals surface area contributed by atoms with Crippen molar-refractivity contribution in [2.75, 3.05) is 18.4 Å². The molecule has 4 aromatic rings. The van der Waals surface area contributed by atoms with Gasteiger partial charge in [0, 0.05) is 29.7 Å². The molecule has 14 heteroatoms. The van der Waals surface area contributed by atoms with Crippen LogP contribution in [0.3, 0.4) is 0 Å². The summed E-state index contributed by atoms with van der Waals surface area (Å²) in [5.74, 6) is -0.586. The molecule has 5 rings (SSSR count). The number of sulfonamides is 1. The number of likely N-dealkylation sites (tertiary alicyclic amines) is 1. The molecule has 1 fully saturated rings. The van der Waals surface area contributed by atoms with E-state index in [-0.39, 0.29) is 35.4 Å². The number of carbonyl (C=O) groups excluding carboxylic acids is 3. The van der Waals surface area contributed by atoms with Crippen molar-refractivity contribution in [2.24, 2.45) is 4.99 Å². The fraction of sp³-hybridized carbons (Fsp3) is 0.242. The molecule has 0 saturated carbocycles. The summed E-state index contributed by atoms with van der Waals surface area (Å²) in [6.45, 7) is 2.14. The zero-order valence-electron chi connectivity index (χ0n) is 25.5. The van der Waals surface area contributed by atoms with Crippen molar-refractivity contribution in [3.05, 3.63) is 95.7 Å². The molecule has 1 aromatic heterocycles. The highest BCUT2D eigenvalue weighted by Crippen LogP contribution is 2.23. The number of furan rings is 1. The first kappa shape index (κ1) is 32.7. The van der Waals surface area contributed by atoms with Crippen molar-refractivity contribution < 1.29 is 27.2 Å². The monoisotopic (exact) mass is 655 g/mol. The van der Waals surface area contributed by atoms with Crippen LogP contribution >= 0.6 is 0 Å². The summed E-state index contributed by atoms with van der Waals surface area (Å²) in [4.78, 5) is 44.4. The lowest BCUT2D eigenvalue weighted by Crippen LogP contribution is -2.44. The number of nitrogens with one attached hydrogen (secondary N) is 4. The summed E-state index contributed by atoms with van der Waals surface area (Å²) in [6.07, 6.45) is 3.70. The van der Waals surface area contributed by atoms with Gasteiger partial charge in [-0.15, -0.1) is 0 Å². The zero-order chi connectivity index (χ0) is 33.4. The van der Waals surface area contributed by atoms with E-state index in [0.717, 1.165) is 16.7 Å². The fourth-order valence-electron chi connectivity index (χ4n) is 5.10. The van der Waals surface area contributed by atoms with Gasteiger partial charge in [0.25, 0.3) is 15.9 Å². The average Bonchev–Trinajstić information content (AvgIpc) is 3.35. The molecule has 1 aliphatic heterocycles. The third-order valence-electron chi connectivity index (χ3n) is 7.43. The molecule has 0 spiro atoms. The van der Waals surface area contributed by atoms with E-state index >= 15 is 0 Å². The molecule has 1 aliphatic rings. The normalized spacial score (nSPS) is 15.4. The van der Waals surface area contributed by atoms with Crippen LogP contribution in [0.15, 0.2) is 93.2 Å². The Hall–Kier alpha value is -5.68. The minimum Gasteiger partial charge on any atom is -0.461 e. The number of benzene rings is 3. The maximum Gasteiger partial charge on any atom is 0.264 e. The van der Waals surface area contributed by atoms with Crippen molar-refractivity contribution >= 4 is 50.4 Å². The van der Waals surface area contributed by atoms with Gasteiger partial charge in [0.15, 0.2) is 6.19 Å². The number of rotatable bonds is 9. The SMILES string of the molecule is Cc1cc2cc(NC(=N[C@H]3CCCCN(CC(=O)NCc4ccc(S(=O)(=O)NC(=O)c5ccccc5)cc4)C3=O)NC#N)ccc2o1. The number of hydrogen-bond acceptors (Lipinski definition) is 8. The van der Waals surface area contributed by atoms with E-state index in [9.17, 15) is 28.1 Å². The maximum absolute atomic E-state index is 13.4. The van der Waals surface area contributed by atoms with Gasteiger partial charge in [0.2, 0.25) is 17.8 Å². The Labute approximate surface area is 271 Å². The molecule has 242 valence electrons. The van der Waals surface area contributed by atoms with Gasteiger partial charge in [-0.2, -0.15) is 5.26 Å². The number of amides is 3. The first-order valence-electron chi connectivity index (χ1n) is 14.9. The summed E-state index contributed by atoms with van der Waals surface area (Å²) in [7, 11) is -4.10. The summed E-state index contributed by atoms with van der Waals surface area (Å²) in [5.41, 5.74) is 2.21. The smallest absolute Gasteiger partial charge is 0.264 e. The van der Waals surface area contributed by atoms with Crippen LogP contribution in [0.5, 0.6) is 0 Å². The first-order valence-corrected chi connectivity index (χ1v) is 16.4. The molecule has 1 saturated heterocycles. The number of hydrogen-bond donors (Lipinski definition) is 4. The number of nitriles is 1. The lowest BCUT2D eigenvalue weighted by atomic mass is 10.1. The molecule has 47 heavy (non-hydrogen) atoms. The summed E-state index contributed by atoms with van der Waals surface area (Å²) < 4.78 is 33.0. The molecular weight excluding hydrogens is 622 g/mol. The van der Waals surface area contributed by atoms with Crippen LogP contribution < -0.4 is 20.7 Å². The molecular formula is C33H33N7O6S. The predicted molar refractivity (Wildman–Crippen MR) is 174 cm³/mol. The Morgan fingerprint density at radius 2 is 1.81 bits per heavy atom. The number of nitrogens with zero attached hydrogens (tertiary/aromatic N) is 3. The molecule has 2 heterocycles. The van der Waals surface area contributed by atoms with Crippen molar-refractivity contribution in [3.63, 3.8) is 0 Å². The minimum atomic E-state index is -4.10. The highest BCUT2D eigenvalue weighted by Gasteiger charge is 2.28. The van der Waals surface area contributed by atoms with Crippen molar-refractivity contribution in [1.29, 1.82) is 5.26 Å². The standard InChI is InChI=1S/C33H33N7O6S/c1-22-17-25-18-26(12-15-29(25)46-22)37-33(36-21-34)38-28-9-5-6-16-40(32(28)43)20-30(41)35-19-23-10-13-27(14-11-23)47(44,45)39-31(42)24-7-3-2-4-8-24/h2-4,7-8,10-15,17-18,28H,5-6,9,16,19-20H2,1H3,(H,35,41)(H,39,42)(H2,36,37,38)/t28-/m0/s1. The number of carbonyl (C=O) groups is 3. The van der Waals surface area contributed by atoms with E-state index in [1.807, 2.05) is 30.0 Å². The van der Waals surface area contributed by atoms with Gasteiger partial charge < -0.3 is 20.0 Å². The van der Waals surface area contributed by atoms with Gasteiger partial charge in [-0.05, 0) is 80.3 Å². The molecule has 3 aromatic carbocycles.